The van der Waals surface area contributed by atoms with Gasteiger partial charge in [0.25, 0.3) is 0 Å². The molecule has 0 N–H and O–H groups in total. The molecule has 1 aromatic heterocycles. The van der Waals surface area contributed by atoms with E-state index in [9.17, 15) is 0 Å². The van der Waals surface area contributed by atoms with E-state index in [1.54, 1.807) is 0 Å². The van der Waals surface area contributed by atoms with Crippen molar-refractivity contribution in [1.82, 2.24) is 0 Å². The molecule has 46 heavy (non-hydrogen) atoms. The molecule has 2 heterocycles. The fraction of sp³-hybridized carbons (Fsp3) is 0.0465. The normalized spacial score (nSPS) is 15.8. The van der Waals surface area contributed by atoms with Crippen molar-refractivity contribution in [3.63, 3.8) is 0 Å². The second-order valence-corrected chi connectivity index (χ2v) is 13.8. The molecule has 0 saturated carbocycles. The van der Waals surface area contributed by atoms with Crippen LogP contribution in [0, 0.1) is 0 Å². The van der Waals surface area contributed by atoms with Crippen LogP contribution in [0.1, 0.15) is 29.5 Å². The Morgan fingerprint density at radius 2 is 1.02 bits per heavy atom. The lowest BCUT2D eigenvalue weighted by Crippen LogP contribution is -1.91. The van der Waals surface area contributed by atoms with Crippen molar-refractivity contribution in [2.45, 2.75) is 12.8 Å². The van der Waals surface area contributed by atoms with Crippen LogP contribution >= 0.6 is 34.7 Å². The minimum atomic E-state index is 0.864. The molecule has 4 aromatic carbocycles. The monoisotopic (exact) mass is 647 g/mol. The molecule has 222 valence electrons. The van der Waals surface area contributed by atoms with E-state index < -0.39 is 0 Å². The Hall–Kier alpha value is -4.47. The van der Waals surface area contributed by atoms with Crippen molar-refractivity contribution in [1.29, 1.82) is 0 Å². The minimum Gasteiger partial charge on any atom is -0.0888 e. The lowest BCUT2D eigenvalue weighted by atomic mass is 10.1. The van der Waals surface area contributed by atoms with Crippen LogP contribution in [0.25, 0.3) is 36.8 Å². The zero-order valence-corrected chi connectivity index (χ0v) is 27.7. The number of benzene rings is 4. The maximum Gasteiger partial charge on any atom is 0.239 e. The maximum atomic E-state index is 7.03. The van der Waals surface area contributed by atoms with Gasteiger partial charge in [0.1, 0.15) is 0 Å². The fourth-order valence-corrected chi connectivity index (χ4v) is 8.20. The predicted octanol–water partition coefficient (Wildman–Crippen LogP) is 13.3. The van der Waals surface area contributed by atoms with Crippen molar-refractivity contribution < 1.29 is 0 Å². The van der Waals surface area contributed by atoms with Gasteiger partial charge in [0, 0.05) is 38.1 Å². The Morgan fingerprint density at radius 1 is 0.543 bits per heavy atom. The lowest BCUT2D eigenvalue weighted by molar-refractivity contribution is 1.03. The molecular formula is C43H32ClS2+. The lowest BCUT2D eigenvalue weighted by Gasteiger charge is -2.17. The molecule has 2 aliphatic rings. The summed E-state index contributed by atoms with van der Waals surface area (Å²) in [7, 11) is 0. The SMILES string of the molecule is ClC1=C(/C=C/c2cc(-c3ccccc3)[s+]c(-c3ccccc3)c2)CC/C1=C\C=C1C=C(c2ccccc2)SC(c2ccccc2)=C1. The van der Waals surface area contributed by atoms with Gasteiger partial charge in [0.2, 0.25) is 21.1 Å². The summed E-state index contributed by atoms with van der Waals surface area (Å²) in [6, 6.07) is 47.0. The van der Waals surface area contributed by atoms with Crippen LogP contribution in [0.2, 0.25) is 0 Å². The van der Waals surface area contributed by atoms with Crippen molar-refractivity contribution in [3.8, 4) is 20.9 Å². The van der Waals surface area contributed by atoms with E-state index in [0.717, 1.165) is 17.9 Å². The second-order valence-electron chi connectivity index (χ2n) is 11.2. The minimum absolute atomic E-state index is 0.864. The van der Waals surface area contributed by atoms with Gasteiger partial charge in [-0.25, -0.2) is 0 Å². The summed E-state index contributed by atoms with van der Waals surface area (Å²) in [6.45, 7) is 0. The third kappa shape index (κ3) is 7.16. The molecule has 0 nitrogen and oxygen atoms in total. The summed E-state index contributed by atoms with van der Waals surface area (Å²) in [5, 5.41) is 0.864. The van der Waals surface area contributed by atoms with E-state index >= 15 is 0 Å². The Morgan fingerprint density at radius 3 is 1.52 bits per heavy atom. The van der Waals surface area contributed by atoms with Crippen molar-refractivity contribution >= 4 is 50.6 Å². The van der Waals surface area contributed by atoms with E-state index in [4.69, 9.17) is 11.6 Å². The Bertz CT molecular complexity index is 1920. The molecule has 0 unspecified atom stereocenters. The Labute approximate surface area is 285 Å². The van der Waals surface area contributed by atoms with Gasteiger partial charge in [-0.1, -0.05) is 145 Å². The molecule has 5 aromatic rings. The van der Waals surface area contributed by atoms with Crippen LogP contribution in [-0.4, -0.2) is 0 Å². The molecular weight excluding hydrogens is 616 g/mol. The van der Waals surface area contributed by atoms with E-state index in [0.29, 0.717) is 0 Å². The van der Waals surface area contributed by atoms with Gasteiger partial charge in [-0.05, 0) is 82.7 Å². The molecule has 7 rings (SSSR count). The van der Waals surface area contributed by atoms with E-state index in [-0.39, 0.29) is 0 Å². The number of thioether (sulfide) groups is 1. The van der Waals surface area contributed by atoms with E-state index in [2.05, 4.69) is 170 Å². The average molecular weight is 648 g/mol. The second kappa shape index (κ2) is 14.3. The van der Waals surface area contributed by atoms with Crippen LogP contribution in [0.15, 0.2) is 186 Å². The molecule has 0 saturated heterocycles. The van der Waals surface area contributed by atoms with Gasteiger partial charge in [0.15, 0.2) is 0 Å². The third-order valence-corrected chi connectivity index (χ3v) is 10.8. The summed E-state index contributed by atoms with van der Waals surface area (Å²) in [5.41, 5.74) is 9.62. The topological polar surface area (TPSA) is 0 Å². The molecule has 0 fully saturated rings. The molecule has 0 radical (unpaired) electrons. The number of allylic oxidation sites excluding steroid dienone is 9. The number of halogens is 1. The summed E-state index contributed by atoms with van der Waals surface area (Å²) in [6.07, 6.45) is 15.3. The zero-order valence-electron chi connectivity index (χ0n) is 25.3. The van der Waals surface area contributed by atoms with E-state index in [1.165, 1.54) is 64.1 Å². The standard InChI is InChI=1S/C43H32ClS2/c44-43-37(23-21-31-27-39(33-13-5-1-6-14-33)45-40(28-31)34-15-7-2-8-16-34)25-26-38(43)24-22-32-29-41(35-17-9-3-10-18-35)46-42(30-32)36-19-11-4-12-20-36/h1-24,27-30H,25-26H2/q+1. The third-order valence-electron chi connectivity index (χ3n) is 8.05. The molecule has 0 atom stereocenters. The first-order valence-corrected chi connectivity index (χ1v) is 17.5. The highest BCUT2D eigenvalue weighted by atomic mass is 35.5. The molecule has 1 aliphatic carbocycles. The van der Waals surface area contributed by atoms with Crippen LogP contribution in [0.5, 0.6) is 0 Å². The largest absolute Gasteiger partial charge is 0.239 e. The predicted molar refractivity (Wildman–Crippen MR) is 203 cm³/mol. The average Bonchev–Trinajstić information content (AvgIpc) is 3.49. The first kappa shape index (κ1) is 30.2. The fourth-order valence-electron chi connectivity index (χ4n) is 5.62. The van der Waals surface area contributed by atoms with Crippen LogP contribution < -0.4 is 0 Å². The number of hydrogen-bond acceptors (Lipinski definition) is 1. The van der Waals surface area contributed by atoms with Crippen LogP contribution in [0.3, 0.4) is 0 Å². The summed E-state index contributed by atoms with van der Waals surface area (Å²) in [5.74, 6) is 0. The summed E-state index contributed by atoms with van der Waals surface area (Å²) in [4.78, 5) is 4.99. The molecule has 0 spiro atoms. The summed E-state index contributed by atoms with van der Waals surface area (Å²) < 4.78 is 0. The van der Waals surface area contributed by atoms with Gasteiger partial charge >= 0.3 is 0 Å². The van der Waals surface area contributed by atoms with Crippen molar-refractivity contribution in [3.05, 3.63) is 202 Å². The molecule has 3 heteroatoms. The molecule has 1 aliphatic heterocycles. The first-order chi connectivity index (χ1) is 22.7. The Balaban J connectivity index is 1.19. The number of rotatable bonds is 7. The van der Waals surface area contributed by atoms with Crippen LogP contribution in [-0.2, 0) is 0 Å². The zero-order chi connectivity index (χ0) is 31.1. The highest BCUT2D eigenvalue weighted by molar-refractivity contribution is 8.16. The smallest absolute Gasteiger partial charge is 0.0888 e. The van der Waals surface area contributed by atoms with Gasteiger partial charge in [-0.2, -0.15) is 0 Å². The van der Waals surface area contributed by atoms with Crippen molar-refractivity contribution in [2.24, 2.45) is 0 Å². The molecule has 0 bridgehead atoms. The molecule has 0 amide bonds. The quantitative estimate of drug-likeness (QED) is 0.158. The first-order valence-electron chi connectivity index (χ1n) is 15.5. The van der Waals surface area contributed by atoms with Crippen LogP contribution in [0.4, 0.5) is 0 Å². The highest BCUT2D eigenvalue weighted by Crippen LogP contribution is 2.44. The van der Waals surface area contributed by atoms with Gasteiger partial charge < -0.3 is 0 Å². The van der Waals surface area contributed by atoms with Gasteiger partial charge in [-0.3, -0.25) is 0 Å². The number of hydrogen-bond donors (Lipinski definition) is 0. The van der Waals surface area contributed by atoms with Gasteiger partial charge in [0.05, 0.1) is 0 Å². The van der Waals surface area contributed by atoms with Crippen molar-refractivity contribution in [2.75, 3.05) is 0 Å². The summed E-state index contributed by atoms with van der Waals surface area (Å²) >= 11 is 10.7. The Kier molecular flexibility index (Phi) is 9.39. The van der Waals surface area contributed by atoms with E-state index in [1.807, 2.05) is 23.1 Å². The maximum absolute atomic E-state index is 7.03. The van der Waals surface area contributed by atoms with Gasteiger partial charge in [-0.15, -0.1) is 0 Å². The highest BCUT2D eigenvalue weighted by Gasteiger charge is 2.20.